The molecule has 2 aromatic rings. The van der Waals surface area contributed by atoms with Crippen molar-refractivity contribution < 1.29 is 13.6 Å². The van der Waals surface area contributed by atoms with Crippen LogP contribution in [0.3, 0.4) is 0 Å². The second kappa shape index (κ2) is 5.26. The first-order valence-corrected chi connectivity index (χ1v) is 5.77. The van der Waals surface area contributed by atoms with E-state index in [1.54, 1.807) is 0 Å². The van der Waals surface area contributed by atoms with Gasteiger partial charge >= 0.3 is 0 Å². The molecule has 1 aromatic heterocycles. The van der Waals surface area contributed by atoms with Crippen molar-refractivity contribution in [2.45, 2.75) is 6.54 Å². The van der Waals surface area contributed by atoms with Crippen molar-refractivity contribution in [3.05, 3.63) is 52.0 Å². The minimum absolute atomic E-state index is 0.119. The van der Waals surface area contributed by atoms with Crippen molar-refractivity contribution in [2.75, 3.05) is 0 Å². The Bertz CT molecular complexity index is 549. The van der Waals surface area contributed by atoms with Gasteiger partial charge in [0.25, 0.3) is 5.91 Å². The summed E-state index contributed by atoms with van der Waals surface area (Å²) in [6.07, 6.45) is 2.96. The topological polar surface area (TPSA) is 57.8 Å². The van der Waals surface area contributed by atoms with Crippen molar-refractivity contribution in [1.82, 2.24) is 15.3 Å². The standard InChI is InChI=1S/C11H8BrF2N3O/c12-6-1-8(13)10(9(14)2-6)11(18)16-4-7-3-15-5-17-7/h1-3,5H,4H2,(H,15,17)(H,16,18). The summed E-state index contributed by atoms with van der Waals surface area (Å²) in [5.74, 6) is -2.64. The number of aromatic nitrogens is 2. The molecule has 1 amide bonds. The first-order valence-electron chi connectivity index (χ1n) is 4.98. The number of H-pyrrole nitrogens is 1. The van der Waals surface area contributed by atoms with Crippen molar-refractivity contribution >= 4 is 21.8 Å². The number of carbonyl (C=O) groups is 1. The van der Waals surface area contributed by atoms with Crippen LogP contribution in [0.4, 0.5) is 8.78 Å². The summed E-state index contributed by atoms with van der Waals surface area (Å²) >= 11 is 2.94. The summed E-state index contributed by atoms with van der Waals surface area (Å²) in [4.78, 5) is 18.2. The number of nitrogens with zero attached hydrogens (tertiary/aromatic N) is 1. The predicted octanol–water partition coefficient (Wildman–Crippen LogP) is 2.38. The van der Waals surface area contributed by atoms with Crippen molar-refractivity contribution in [1.29, 1.82) is 0 Å². The second-order valence-corrected chi connectivity index (χ2v) is 4.42. The van der Waals surface area contributed by atoms with Crippen LogP contribution in [0.15, 0.2) is 29.1 Å². The molecule has 0 aliphatic rings. The average Bonchev–Trinajstić information content (AvgIpc) is 2.77. The van der Waals surface area contributed by atoms with Gasteiger partial charge in [-0.25, -0.2) is 13.8 Å². The summed E-state index contributed by atoms with van der Waals surface area (Å²) in [6.45, 7) is 0.119. The lowest BCUT2D eigenvalue weighted by Gasteiger charge is -2.06. The highest BCUT2D eigenvalue weighted by Gasteiger charge is 2.18. The Kier molecular flexibility index (Phi) is 3.71. The van der Waals surface area contributed by atoms with E-state index in [9.17, 15) is 13.6 Å². The Balaban J connectivity index is 2.14. The van der Waals surface area contributed by atoms with Crippen LogP contribution in [0, 0.1) is 11.6 Å². The molecule has 4 nitrogen and oxygen atoms in total. The molecular formula is C11H8BrF2N3O. The number of hydrogen-bond donors (Lipinski definition) is 2. The number of benzene rings is 1. The van der Waals surface area contributed by atoms with Gasteiger partial charge in [-0.2, -0.15) is 0 Å². The van der Waals surface area contributed by atoms with Crippen LogP contribution < -0.4 is 5.32 Å². The van der Waals surface area contributed by atoms with E-state index in [-0.39, 0.29) is 11.0 Å². The van der Waals surface area contributed by atoms with Gasteiger partial charge in [-0.05, 0) is 12.1 Å². The monoisotopic (exact) mass is 315 g/mol. The van der Waals surface area contributed by atoms with E-state index in [2.05, 4.69) is 31.2 Å². The molecule has 0 aliphatic heterocycles. The molecule has 0 bridgehead atoms. The maximum atomic E-state index is 13.5. The number of halogens is 3. The molecule has 94 valence electrons. The van der Waals surface area contributed by atoms with Crippen LogP contribution in [0.2, 0.25) is 0 Å². The molecule has 7 heteroatoms. The summed E-state index contributed by atoms with van der Waals surface area (Å²) < 4.78 is 27.2. The van der Waals surface area contributed by atoms with E-state index in [4.69, 9.17) is 0 Å². The maximum absolute atomic E-state index is 13.5. The third-order valence-corrected chi connectivity index (χ3v) is 2.69. The zero-order chi connectivity index (χ0) is 13.1. The summed E-state index contributed by atoms with van der Waals surface area (Å²) in [5.41, 5.74) is 0.0407. The zero-order valence-electron chi connectivity index (χ0n) is 9.01. The second-order valence-electron chi connectivity index (χ2n) is 3.50. The first-order chi connectivity index (χ1) is 8.58. The predicted molar refractivity (Wildman–Crippen MR) is 63.8 cm³/mol. The third-order valence-electron chi connectivity index (χ3n) is 2.23. The lowest BCUT2D eigenvalue weighted by molar-refractivity contribution is 0.0942. The first kappa shape index (κ1) is 12.7. The zero-order valence-corrected chi connectivity index (χ0v) is 10.6. The third kappa shape index (κ3) is 2.73. The number of nitrogens with one attached hydrogen (secondary N) is 2. The van der Waals surface area contributed by atoms with Gasteiger partial charge in [0.1, 0.15) is 17.2 Å². The molecular weight excluding hydrogens is 308 g/mol. The Morgan fingerprint density at radius 2 is 2.06 bits per heavy atom. The van der Waals surface area contributed by atoms with Gasteiger partial charge in [0.2, 0.25) is 0 Å². The van der Waals surface area contributed by atoms with E-state index in [0.29, 0.717) is 5.69 Å². The van der Waals surface area contributed by atoms with Gasteiger partial charge in [-0.3, -0.25) is 4.79 Å². The molecule has 0 atom stereocenters. The number of amides is 1. The largest absolute Gasteiger partial charge is 0.347 e. The van der Waals surface area contributed by atoms with Gasteiger partial charge in [0.05, 0.1) is 18.6 Å². The lowest BCUT2D eigenvalue weighted by Crippen LogP contribution is -2.25. The quantitative estimate of drug-likeness (QED) is 0.913. The van der Waals surface area contributed by atoms with Gasteiger partial charge < -0.3 is 10.3 Å². The van der Waals surface area contributed by atoms with Crippen LogP contribution in [0.1, 0.15) is 16.1 Å². The summed E-state index contributed by atoms with van der Waals surface area (Å²) in [6, 6.07) is 2.07. The van der Waals surface area contributed by atoms with Crippen molar-refractivity contribution in [3.8, 4) is 0 Å². The molecule has 0 spiro atoms. The van der Waals surface area contributed by atoms with E-state index < -0.39 is 23.1 Å². The molecule has 0 saturated heterocycles. The molecule has 18 heavy (non-hydrogen) atoms. The number of aromatic amines is 1. The molecule has 2 rings (SSSR count). The van der Waals surface area contributed by atoms with Crippen LogP contribution in [0.25, 0.3) is 0 Å². The SMILES string of the molecule is O=C(NCc1cnc[nH]1)c1c(F)cc(Br)cc1F. The molecule has 0 fully saturated rings. The summed E-state index contributed by atoms with van der Waals surface area (Å²) in [7, 11) is 0. The molecule has 1 aromatic carbocycles. The fraction of sp³-hybridized carbons (Fsp3) is 0.0909. The van der Waals surface area contributed by atoms with Crippen molar-refractivity contribution in [3.63, 3.8) is 0 Å². The van der Waals surface area contributed by atoms with Crippen LogP contribution in [-0.4, -0.2) is 15.9 Å². The molecule has 2 N–H and O–H groups in total. The van der Waals surface area contributed by atoms with Crippen LogP contribution >= 0.6 is 15.9 Å². The Morgan fingerprint density at radius 1 is 1.39 bits per heavy atom. The molecule has 0 unspecified atom stereocenters. The fourth-order valence-electron chi connectivity index (χ4n) is 1.40. The molecule has 1 heterocycles. The van der Waals surface area contributed by atoms with Gasteiger partial charge in [0.15, 0.2) is 0 Å². The molecule has 0 aliphatic carbocycles. The minimum Gasteiger partial charge on any atom is -0.347 e. The van der Waals surface area contributed by atoms with E-state index in [1.807, 2.05) is 0 Å². The normalized spacial score (nSPS) is 10.4. The molecule has 0 radical (unpaired) electrons. The van der Waals surface area contributed by atoms with Crippen molar-refractivity contribution in [2.24, 2.45) is 0 Å². The molecule has 0 saturated carbocycles. The smallest absolute Gasteiger partial charge is 0.257 e. The Labute approximate surface area is 110 Å². The highest BCUT2D eigenvalue weighted by atomic mass is 79.9. The van der Waals surface area contributed by atoms with E-state index in [1.165, 1.54) is 12.5 Å². The summed E-state index contributed by atoms with van der Waals surface area (Å²) in [5, 5.41) is 2.40. The minimum atomic E-state index is -0.913. The Morgan fingerprint density at radius 3 is 2.61 bits per heavy atom. The lowest BCUT2D eigenvalue weighted by atomic mass is 10.2. The number of imidazole rings is 1. The van der Waals surface area contributed by atoms with Crippen LogP contribution in [0.5, 0.6) is 0 Å². The van der Waals surface area contributed by atoms with Crippen LogP contribution in [-0.2, 0) is 6.54 Å². The fourth-order valence-corrected chi connectivity index (χ4v) is 1.81. The number of hydrogen-bond acceptors (Lipinski definition) is 2. The van der Waals surface area contributed by atoms with E-state index in [0.717, 1.165) is 12.1 Å². The highest BCUT2D eigenvalue weighted by molar-refractivity contribution is 9.10. The average molecular weight is 316 g/mol. The number of carbonyl (C=O) groups excluding carboxylic acids is 1. The van der Waals surface area contributed by atoms with Gasteiger partial charge in [0, 0.05) is 10.7 Å². The Hall–Kier alpha value is -1.76. The van der Waals surface area contributed by atoms with Gasteiger partial charge in [-0.1, -0.05) is 15.9 Å². The van der Waals surface area contributed by atoms with E-state index >= 15 is 0 Å². The maximum Gasteiger partial charge on any atom is 0.257 e. The van der Waals surface area contributed by atoms with Gasteiger partial charge in [-0.15, -0.1) is 0 Å². The highest BCUT2D eigenvalue weighted by Crippen LogP contribution is 2.19. The number of rotatable bonds is 3.